The summed E-state index contributed by atoms with van der Waals surface area (Å²) >= 11 is 1.54. The first-order valence-corrected chi connectivity index (χ1v) is 11.7. The maximum absolute atomic E-state index is 12.9. The van der Waals surface area contributed by atoms with E-state index < -0.39 is 10.0 Å². The van der Waals surface area contributed by atoms with Crippen LogP contribution in [-0.4, -0.2) is 62.5 Å². The minimum atomic E-state index is -3.65. The molecule has 0 unspecified atom stereocenters. The number of amides is 1. The molecule has 1 fully saturated rings. The summed E-state index contributed by atoms with van der Waals surface area (Å²) < 4.78 is 38.1. The van der Waals surface area contributed by atoms with Crippen LogP contribution in [0.25, 0.3) is 0 Å². The van der Waals surface area contributed by atoms with Crippen LogP contribution in [-0.2, 0) is 19.6 Å². The van der Waals surface area contributed by atoms with Crippen molar-refractivity contribution in [2.24, 2.45) is 0 Å². The topological polar surface area (TPSA) is 84.9 Å². The molecular formula is C18H28N2O5S2. The molecule has 0 aliphatic carbocycles. The fraction of sp³-hybridized carbons (Fsp3) is 0.611. The van der Waals surface area contributed by atoms with Gasteiger partial charge in [0.1, 0.15) is 5.75 Å². The Labute approximate surface area is 165 Å². The van der Waals surface area contributed by atoms with E-state index in [0.29, 0.717) is 43.5 Å². The third-order valence-electron chi connectivity index (χ3n) is 3.78. The minimum absolute atomic E-state index is 0.100. The van der Waals surface area contributed by atoms with Gasteiger partial charge in [-0.15, -0.1) is 0 Å². The smallest absolute Gasteiger partial charge is 0.243 e. The first-order chi connectivity index (χ1) is 12.8. The second-order valence-corrected chi connectivity index (χ2v) is 9.48. The standard InChI is InChI=1S/C18H28N2O5S2/c1-4-11-26-13-18(21)19-16-12-15(5-6-17(16)25-14(2)3)27(22,23)20-7-9-24-10-8-20/h5-6,12,14H,4,7-11,13H2,1-3H3,(H,19,21). The van der Waals surface area contributed by atoms with Gasteiger partial charge in [0.2, 0.25) is 15.9 Å². The van der Waals surface area contributed by atoms with Crippen molar-refractivity contribution in [2.75, 3.05) is 43.1 Å². The molecule has 0 saturated carbocycles. The van der Waals surface area contributed by atoms with Gasteiger partial charge in [0.05, 0.1) is 35.7 Å². The van der Waals surface area contributed by atoms with Crippen LogP contribution in [0.5, 0.6) is 5.75 Å². The highest BCUT2D eigenvalue weighted by Gasteiger charge is 2.27. The number of hydrogen-bond acceptors (Lipinski definition) is 6. The molecule has 1 aromatic carbocycles. The summed E-state index contributed by atoms with van der Waals surface area (Å²) in [7, 11) is -3.65. The number of morpholine rings is 1. The van der Waals surface area contributed by atoms with Crippen molar-refractivity contribution in [3.8, 4) is 5.75 Å². The Hall–Kier alpha value is -1.29. The Morgan fingerprint density at radius 2 is 2.04 bits per heavy atom. The average Bonchev–Trinajstić information content (AvgIpc) is 2.63. The summed E-state index contributed by atoms with van der Waals surface area (Å²) in [6, 6.07) is 4.59. The lowest BCUT2D eigenvalue weighted by atomic mass is 10.3. The SMILES string of the molecule is CCCSCC(=O)Nc1cc(S(=O)(=O)N2CCOCC2)ccc1OC(C)C. The number of carbonyl (C=O) groups excluding carboxylic acids is 1. The molecule has 1 heterocycles. The molecule has 1 aliphatic rings. The Morgan fingerprint density at radius 3 is 2.67 bits per heavy atom. The van der Waals surface area contributed by atoms with E-state index >= 15 is 0 Å². The Kier molecular flexibility index (Phi) is 8.40. The molecule has 27 heavy (non-hydrogen) atoms. The van der Waals surface area contributed by atoms with Gasteiger partial charge in [-0.25, -0.2) is 8.42 Å². The Balaban J connectivity index is 2.25. The summed E-state index contributed by atoms with van der Waals surface area (Å²) in [6.45, 7) is 7.21. The monoisotopic (exact) mass is 416 g/mol. The number of benzene rings is 1. The van der Waals surface area contributed by atoms with E-state index in [0.717, 1.165) is 12.2 Å². The highest BCUT2D eigenvalue weighted by atomic mass is 32.2. The van der Waals surface area contributed by atoms with Crippen LogP contribution in [0.1, 0.15) is 27.2 Å². The van der Waals surface area contributed by atoms with Crippen molar-refractivity contribution in [1.82, 2.24) is 4.31 Å². The quantitative estimate of drug-likeness (QED) is 0.623. The van der Waals surface area contributed by atoms with Gasteiger partial charge < -0.3 is 14.8 Å². The van der Waals surface area contributed by atoms with E-state index in [1.165, 1.54) is 28.2 Å². The van der Waals surface area contributed by atoms with Gasteiger partial charge in [-0.1, -0.05) is 6.92 Å². The fourth-order valence-corrected chi connectivity index (χ4v) is 4.68. The van der Waals surface area contributed by atoms with Gasteiger partial charge in [-0.3, -0.25) is 4.79 Å². The molecule has 0 aromatic heterocycles. The van der Waals surface area contributed by atoms with Gasteiger partial charge in [0, 0.05) is 13.1 Å². The van der Waals surface area contributed by atoms with Gasteiger partial charge in [-0.05, 0) is 44.2 Å². The lowest BCUT2D eigenvalue weighted by Crippen LogP contribution is -2.40. The van der Waals surface area contributed by atoms with E-state index in [1.807, 2.05) is 13.8 Å². The van der Waals surface area contributed by atoms with Crippen LogP contribution >= 0.6 is 11.8 Å². The van der Waals surface area contributed by atoms with Gasteiger partial charge >= 0.3 is 0 Å². The molecule has 2 rings (SSSR count). The number of carbonyl (C=O) groups is 1. The van der Waals surface area contributed by atoms with E-state index in [-0.39, 0.29) is 16.9 Å². The number of rotatable bonds is 9. The van der Waals surface area contributed by atoms with Crippen LogP contribution in [0.2, 0.25) is 0 Å². The van der Waals surface area contributed by atoms with Crippen LogP contribution < -0.4 is 10.1 Å². The highest BCUT2D eigenvalue weighted by molar-refractivity contribution is 7.99. The van der Waals surface area contributed by atoms with Gasteiger partial charge in [0.15, 0.2) is 0 Å². The zero-order valence-corrected chi connectivity index (χ0v) is 17.7. The second-order valence-electron chi connectivity index (χ2n) is 6.44. The highest BCUT2D eigenvalue weighted by Crippen LogP contribution is 2.30. The van der Waals surface area contributed by atoms with E-state index in [4.69, 9.17) is 9.47 Å². The molecule has 9 heteroatoms. The number of anilines is 1. The predicted octanol–water partition coefficient (Wildman–Crippen LogP) is 2.58. The van der Waals surface area contributed by atoms with Gasteiger partial charge in [0.25, 0.3) is 0 Å². The summed E-state index contributed by atoms with van der Waals surface area (Å²) in [6.07, 6.45) is 0.893. The van der Waals surface area contributed by atoms with Crippen molar-refractivity contribution in [3.05, 3.63) is 18.2 Å². The van der Waals surface area contributed by atoms with Crippen LogP contribution in [0, 0.1) is 0 Å². The molecule has 1 aliphatic heterocycles. The zero-order valence-electron chi connectivity index (χ0n) is 16.1. The number of hydrogen-bond donors (Lipinski definition) is 1. The molecule has 0 spiro atoms. The van der Waals surface area contributed by atoms with Crippen molar-refractivity contribution < 1.29 is 22.7 Å². The molecule has 0 bridgehead atoms. The zero-order chi connectivity index (χ0) is 19.9. The molecule has 152 valence electrons. The van der Waals surface area contributed by atoms with Crippen LogP contribution in [0.3, 0.4) is 0 Å². The summed E-state index contributed by atoms with van der Waals surface area (Å²) in [5.41, 5.74) is 0.375. The number of sulfonamides is 1. The van der Waals surface area contributed by atoms with E-state index in [9.17, 15) is 13.2 Å². The van der Waals surface area contributed by atoms with Crippen molar-refractivity contribution in [3.63, 3.8) is 0 Å². The first-order valence-electron chi connectivity index (χ1n) is 9.10. The van der Waals surface area contributed by atoms with Crippen LogP contribution in [0.4, 0.5) is 5.69 Å². The third-order valence-corrected chi connectivity index (χ3v) is 6.84. The number of nitrogens with zero attached hydrogens (tertiary/aromatic N) is 1. The molecular weight excluding hydrogens is 388 g/mol. The third kappa shape index (κ3) is 6.38. The molecule has 1 aromatic rings. The van der Waals surface area contributed by atoms with Crippen molar-refractivity contribution in [1.29, 1.82) is 0 Å². The maximum Gasteiger partial charge on any atom is 0.243 e. The largest absolute Gasteiger partial charge is 0.489 e. The predicted molar refractivity (Wildman–Crippen MR) is 108 cm³/mol. The fourth-order valence-electron chi connectivity index (χ4n) is 2.56. The lowest BCUT2D eigenvalue weighted by molar-refractivity contribution is -0.113. The summed E-state index contributed by atoms with van der Waals surface area (Å²) in [5, 5.41) is 2.80. The molecule has 1 saturated heterocycles. The first kappa shape index (κ1) is 22.0. The number of nitrogens with one attached hydrogen (secondary N) is 1. The molecule has 1 N–H and O–H groups in total. The second kappa shape index (κ2) is 10.3. The van der Waals surface area contributed by atoms with E-state index in [1.54, 1.807) is 6.07 Å². The molecule has 1 amide bonds. The molecule has 7 nitrogen and oxygen atoms in total. The summed E-state index contributed by atoms with van der Waals surface area (Å²) in [4.78, 5) is 12.4. The molecule has 0 radical (unpaired) electrons. The minimum Gasteiger partial charge on any atom is -0.489 e. The normalized spacial score (nSPS) is 15.7. The van der Waals surface area contributed by atoms with Crippen molar-refractivity contribution >= 4 is 33.4 Å². The Morgan fingerprint density at radius 1 is 1.33 bits per heavy atom. The summed E-state index contributed by atoms with van der Waals surface area (Å²) in [5.74, 6) is 1.49. The van der Waals surface area contributed by atoms with Crippen molar-refractivity contribution in [2.45, 2.75) is 38.2 Å². The van der Waals surface area contributed by atoms with E-state index in [2.05, 4.69) is 12.2 Å². The lowest BCUT2D eigenvalue weighted by Gasteiger charge is -2.26. The Bertz CT molecular complexity index is 731. The maximum atomic E-state index is 12.9. The number of thioether (sulfide) groups is 1. The number of ether oxygens (including phenoxy) is 2. The van der Waals surface area contributed by atoms with Crippen LogP contribution in [0.15, 0.2) is 23.1 Å². The molecule has 0 atom stereocenters. The average molecular weight is 417 g/mol. The van der Waals surface area contributed by atoms with Gasteiger partial charge in [-0.2, -0.15) is 16.1 Å².